The van der Waals surface area contributed by atoms with E-state index in [0.29, 0.717) is 12.1 Å². The molecule has 0 spiro atoms. The average molecular weight is 203 g/mol. The topological polar surface area (TPSA) is 38.3 Å². The van der Waals surface area contributed by atoms with Gasteiger partial charge in [-0.1, -0.05) is 31.0 Å². The summed E-state index contributed by atoms with van der Waals surface area (Å²) >= 11 is 0. The van der Waals surface area contributed by atoms with Crippen LogP contribution in [-0.4, -0.2) is 12.2 Å². The standard InChI is InChI=1S/C12H13NO2/c1-3-11(4-2)15-12(14)13-10-8-6-5-7-9-10/h1,5-9,11H,4H2,2H3,(H,13,14). The van der Waals surface area contributed by atoms with Crippen LogP contribution in [0.3, 0.4) is 0 Å². The molecule has 3 nitrogen and oxygen atoms in total. The maximum Gasteiger partial charge on any atom is 0.412 e. The van der Waals surface area contributed by atoms with Crippen LogP contribution in [0.4, 0.5) is 10.5 Å². The van der Waals surface area contributed by atoms with Crippen molar-refractivity contribution in [3.63, 3.8) is 0 Å². The summed E-state index contributed by atoms with van der Waals surface area (Å²) in [7, 11) is 0. The number of benzene rings is 1. The van der Waals surface area contributed by atoms with Crippen molar-refractivity contribution in [2.24, 2.45) is 0 Å². The van der Waals surface area contributed by atoms with Gasteiger partial charge in [0, 0.05) is 5.69 Å². The molecule has 1 N–H and O–H groups in total. The smallest absolute Gasteiger partial charge is 0.412 e. The van der Waals surface area contributed by atoms with Crippen molar-refractivity contribution in [3.8, 4) is 12.3 Å². The largest absolute Gasteiger partial charge is 0.433 e. The number of hydrogen-bond acceptors (Lipinski definition) is 2. The van der Waals surface area contributed by atoms with Crippen molar-refractivity contribution >= 4 is 11.8 Å². The fourth-order valence-corrected chi connectivity index (χ4v) is 1.03. The van der Waals surface area contributed by atoms with E-state index >= 15 is 0 Å². The summed E-state index contributed by atoms with van der Waals surface area (Å²) in [5, 5.41) is 2.58. The van der Waals surface area contributed by atoms with Crippen LogP contribution in [0.1, 0.15) is 13.3 Å². The lowest BCUT2D eigenvalue weighted by molar-refractivity contribution is 0.136. The number of para-hydroxylation sites is 1. The quantitative estimate of drug-likeness (QED) is 0.767. The molecule has 0 fully saturated rings. The van der Waals surface area contributed by atoms with E-state index in [1.807, 2.05) is 25.1 Å². The van der Waals surface area contributed by atoms with Crippen molar-refractivity contribution in [3.05, 3.63) is 30.3 Å². The zero-order valence-corrected chi connectivity index (χ0v) is 8.57. The average Bonchev–Trinajstić information content (AvgIpc) is 2.27. The van der Waals surface area contributed by atoms with Crippen LogP contribution < -0.4 is 5.32 Å². The van der Waals surface area contributed by atoms with E-state index in [9.17, 15) is 4.79 Å². The summed E-state index contributed by atoms with van der Waals surface area (Å²) in [5.74, 6) is 2.39. The first-order valence-electron chi connectivity index (χ1n) is 4.75. The number of rotatable bonds is 3. The Bertz CT molecular complexity index is 354. The zero-order valence-electron chi connectivity index (χ0n) is 8.57. The van der Waals surface area contributed by atoms with Crippen molar-refractivity contribution in [2.75, 3.05) is 5.32 Å². The number of carbonyl (C=O) groups excluding carboxylic acids is 1. The Balaban J connectivity index is 2.47. The Kier molecular flexibility index (Phi) is 4.24. The van der Waals surface area contributed by atoms with Gasteiger partial charge in [0.05, 0.1) is 0 Å². The molecule has 1 amide bonds. The molecule has 0 aliphatic carbocycles. The maximum absolute atomic E-state index is 11.3. The third kappa shape index (κ3) is 3.74. The monoisotopic (exact) mass is 203 g/mol. The Morgan fingerprint density at radius 2 is 2.20 bits per heavy atom. The molecule has 78 valence electrons. The highest BCUT2D eigenvalue weighted by atomic mass is 16.6. The first kappa shape index (κ1) is 11.1. The number of nitrogens with one attached hydrogen (secondary N) is 1. The SMILES string of the molecule is C#CC(CC)OC(=O)Nc1ccccc1. The molecule has 1 atom stereocenters. The second kappa shape index (κ2) is 5.71. The minimum atomic E-state index is -0.522. The molecule has 0 aliphatic heterocycles. The third-order valence-corrected chi connectivity index (χ3v) is 1.83. The molecule has 0 radical (unpaired) electrons. The Morgan fingerprint density at radius 3 is 2.73 bits per heavy atom. The van der Waals surface area contributed by atoms with Gasteiger partial charge in [-0.25, -0.2) is 4.79 Å². The maximum atomic E-state index is 11.3. The number of ether oxygens (including phenoxy) is 1. The summed E-state index contributed by atoms with van der Waals surface area (Å²) < 4.78 is 4.97. The van der Waals surface area contributed by atoms with Gasteiger partial charge in [-0.3, -0.25) is 5.32 Å². The third-order valence-electron chi connectivity index (χ3n) is 1.83. The van der Waals surface area contributed by atoms with Crippen molar-refractivity contribution in [1.82, 2.24) is 0 Å². The molecule has 1 unspecified atom stereocenters. The van der Waals surface area contributed by atoms with Crippen LogP contribution in [0.2, 0.25) is 0 Å². The van der Waals surface area contributed by atoms with E-state index in [4.69, 9.17) is 11.2 Å². The Labute approximate surface area is 89.4 Å². The summed E-state index contributed by atoms with van der Waals surface area (Å²) in [6.45, 7) is 1.86. The van der Waals surface area contributed by atoms with Crippen LogP contribution in [-0.2, 0) is 4.74 Å². The normalized spacial score (nSPS) is 11.2. The van der Waals surface area contributed by atoms with Gasteiger partial charge in [0.2, 0.25) is 0 Å². The number of carbonyl (C=O) groups is 1. The molecule has 0 aliphatic rings. The van der Waals surface area contributed by atoms with E-state index in [0.717, 1.165) is 0 Å². The first-order chi connectivity index (χ1) is 7.26. The lowest BCUT2D eigenvalue weighted by atomic mass is 10.3. The van der Waals surface area contributed by atoms with E-state index in [1.54, 1.807) is 12.1 Å². The van der Waals surface area contributed by atoms with Crippen LogP contribution in [0.15, 0.2) is 30.3 Å². The van der Waals surface area contributed by atoms with Crippen molar-refractivity contribution in [1.29, 1.82) is 0 Å². The van der Waals surface area contributed by atoms with Gasteiger partial charge in [0.15, 0.2) is 6.10 Å². The molecule has 0 saturated carbocycles. The minimum absolute atomic E-state index is 0.464. The molecule has 1 aromatic carbocycles. The highest BCUT2D eigenvalue weighted by Gasteiger charge is 2.08. The minimum Gasteiger partial charge on any atom is -0.433 e. The second-order valence-electron chi connectivity index (χ2n) is 2.96. The lowest BCUT2D eigenvalue weighted by Crippen LogP contribution is -2.20. The van der Waals surface area contributed by atoms with Gasteiger partial charge in [-0.2, -0.15) is 0 Å². The van der Waals surface area contributed by atoms with E-state index in [2.05, 4.69) is 11.2 Å². The van der Waals surface area contributed by atoms with Crippen LogP contribution in [0, 0.1) is 12.3 Å². The fraction of sp³-hybridized carbons (Fsp3) is 0.250. The lowest BCUT2D eigenvalue weighted by Gasteiger charge is -2.10. The number of hydrogen-bond donors (Lipinski definition) is 1. The highest BCUT2D eigenvalue weighted by Crippen LogP contribution is 2.06. The number of amides is 1. The predicted molar refractivity (Wildman–Crippen MR) is 59.5 cm³/mol. The Hall–Kier alpha value is -1.95. The molecule has 0 bridgehead atoms. The molecule has 3 heteroatoms. The first-order valence-corrected chi connectivity index (χ1v) is 4.75. The summed E-state index contributed by atoms with van der Waals surface area (Å²) in [5.41, 5.74) is 0.689. The van der Waals surface area contributed by atoms with Gasteiger partial charge in [-0.15, -0.1) is 6.42 Å². The van der Waals surface area contributed by atoms with Crippen molar-refractivity contribution in [2.45, 2.75) is 19.4 Å². The van der Waals surface area contributed by atoms with Crippen LogP contribution in [0.25, 0.3) is 0 Å². The molecule has 0 saturated heterocycles. The number of terminal acetylenes is 1. The summed E-state index contributed by atoms with van der Waals surface area (Å²) in [6, 6.07) is 9.07. The number of anilines is 1. The Morgan fingerprint density at radius 1 is 1.53 bits per heavy atom. The molecule has 1 aromatic rings. The molecular weight excluding hydrogens is 190 g/mol. The molecule has 1 rings (SSSR count). The molecular formula is C12H13NO2. The fourth-order valence-electron chi connectivity index (χ4n) is 1.03. The zero-order chi connectivity index (χ0) is 11.1. The molecule has 0 aromatic heterocycles. The molecule has 15 heavy (non-hydrogen) atoms. The van der Waals surface area contributed by atoms with Gasteiger partial charge < -0.3 is 4.74 Å². The summed E-state index contributed by atoms with van der Waals surface area (Å²) in [6.07, 6.45) is 4.79. The van der Waals surface area contributed by atoms with Crippen LogP contribution >= 0.6 is 0 Å². The second-order valence-corrected chi connectivity index (χ2v) is 2.96. The highest BCUT2D eigenvalue weighted by molar-refractivity contribution is 5.84. The van der Waals surface area contributed by atoms with E-state index < -0.39 is 12.2 Å². The predicted octanol–water partition coefficient (Wildman–Crippen LogP) is 2.65. The van der Waals surface area contributed by atoms with Gasteiger partial charge in [0.25, 0.3) is 0 Å². The van der Waals surface area contributed by atoms with Gasteiger partial charge >= 0.3 is 6.09 Å². The van der Waals surface area contributed by atoms with Gasteiger partial charge in [0.1, 0.15) is 0 Å². The van der Waals surface area contributed by atoms with Gasteiger partial charge in [-0.05, 0) is 18.6 Å². The summed E-state index contributed by atoms with van der Waals surface area (Å²) in [4.78, 5) is 11.3. The van der Waals surface area contributed by atoms with Crippen molar-refractivity contribution < 1.29 is 9.53 Å². The molecule has 0 heterocycles. The van der Waals surface area contributed by atoms with Crippen LogP contribution in [0.5, 0.6) is 0 Å². The van der Waals surface area contributed by atoms with E-state index in [1.165, 1.54) is 0 Å². The van der Waals surface area contributed by atoms with E-state index in [-0.39, 0.29) is 0 Å².